The summed E-state index contributed by atoms with van der Waals surface area (Å²) in [5, 5.41) is 19.8. The molecule has 8 nitrogen and oxygen atoms in total. The molecule has 5 atom stereocenters. The molecule has 0 aromatic rings. The molecule has 1 aliphatic carbocycles. The molecule has 0 saturated heterocycles. The average molecular weight is 290 g/mol. The molecule has 0 aromatic heterocycles. The Balaban J connectivity index is 2.90. The zero-order valence-electron chi connectivity index (χ0n) is 11.4. The van der Waals surface area contributed by atoms with Crippen LogP contribution >= 0.6 is 0 Å². The van der Waals surface area contributed by atoms with E-state index in [1.54, 1.807) is 0 Å². The van der Waals surface area contributed by atoms with E-state index in [0.717, 1.165) is 20.8 Å². The van der Waals surface area contributed by atoms with Gasteiger partial charge in [0.1, 0.15) is 24.4 Å². The van der Waals surface area contributed by atoms with Gasteiger partial charge in [-0.15, -0.1) is 0 Å². The lowest BCUT2D eigenvalue weighted by atomic mass is 9.87. The molecule has 0 spiro atoms. The minimum atomic E-state index is -1.53. The van der Waals surface area contributed by atoms with E-state index in [9.17, 15) is 24.6 Å². The highest BCUT2D eigenvalue weighted by Crippen LogP contribution is 2.28. The van der Waals surface area contributed by atoms with Crippen LogP contribution in [-0.4, -0.2) is 58.6 Å². The van der Waals surface area contributed by atoms with Gasteiger partial charge in [0, 0.05) is 27.2 Å². The van der Waals surface area contributed by atoms with Gasteiger partial charge in [-0.2, -0.15) is 0 Å². The Labute approximate surface area is 115 Å². The Morgan fingerprint density at radius 3 is 1.70 bits per heavy atom. The summed E-state index contributed by atoms with van der Waals surface area (Å²) in [6.07, 6.45) is -6.29. The van der Waals surface area contributed by atoms with Crippen LogP contribution in [0.15, 0.2) is 0 Å². The van der Waals surface area contributed by atoms with Crippen LogP contribution in [0.5, 0.6) is 0 Å². The van der Waals surface area contributed by atoms with Gasteiger partial charge in [0.15, 0.2) is 6.10 Å². The minimum absolute atomic E-state index is 0.0741. The molecule has 1 aliphatic rings. The molecule has 0 amide bonds. The van der Waals surface area contributed by atoms with Gasteiger partial charge in [-0.1, -0.05) is 0 Å². The number of aliphatic hydroxyl groups excluding tert-OH is 2. The van der Waals surface area contributed by atoms with Crippen molar-refractivity contribution in [2.75, 3.05) is 0 Å². The molecule has 2 N–H and O–H groups in total. The minimum Gasteiger partial charge on any atom is -0.460 e. The van der Waals surface area contributed by atoms with Gasteiger partial charge in [0.25, 0.3) is 0 Å². The maximum atomic E-state index is 11.0. The second-order valence-electron chi connectivity index (χ2n) is 4.59. The van der Waals surface area contributed by atoms with Crippen molar-refractivity contribution in [1.29, 1.82) is 0 Å². The molecule has 0 aliphatic heterocycles. The van der Waals surface area contributed by atoms with Gasteiger partial charge < -0.3 is 24.4 Å². The zero-order chi connectivity index (χ0) is 15.4. The fourth-order valence-electron chi connectivity index (χ4n) is 2.13. The SMILES string of the molecule is CC(=O)O[C@H]1[C@H](O)[C@H](O)[C@@H](OC(C)=O)C[C@@H]1OC(C)=O. The van der Waals surface area contributed by atoms with Gasteiger partial charge in [0.05, 0.1) is 0 Å². The predicted octanol–water partition coefficient (Wildman–Crippen LogP) is -1.09. The third kappa shape index (κ3) is 4.17. The molecule has 1 saturated carbocycles. The quantitative estimate of drug-likeness (QED) is 0.497. The van der Waals surface area contributed by atoms with Crippen LogP contribution in [0, 0.1) is 0 Å². The molecule has 1 fully saturated rings. The van der Waals surface area contributed by atoms with E-state index in [0.29, 0.717) is 0 Å². The molecule has 0 heterocycles. The molecule has 0 radical (unpaired) electrons. The first kappa shape index (κ1) is 16.4. The summed E-state index contributed by atoms with van der Waals surface area (Å²) in [6, 6.07) is 0. The van der Waals surface area contributed by atoms with Gasteiger partial charge in [-0.05, 0) is 0 Å². The maximum absolute atomic E-state index is 11.0. The van der Waals surface area contributed by atoms with Crippen molar-refractivity contribution in [2.24, 2.45) is 0 Å². The Hall–Kier alpha value is -1.67. The number of ether oxygens (including phenoxy) is 3. The number of rotatable bonds is 3. The zero-order valence-corrected chi connectivity index (χ0v) is 11.4. The summed E-state index contributed by atoms with van der Waals surface area (Å²) in [5.74, 6) is -1.98. The topological polar surface area (TPSA) is 119 Å². The molecular weight excluding hydrogens is 272 g/mol. The number of esters is 3. The van der Waals surface area contributed by atoms with Gasteiger partial charge in [-0.25, -0.2) is 0 Å². The van der Waals surface area contributed by atoms with E-state index < -0.39 is 48.4 Å². The third-order valence-electron chi connectivity index (χ3n) is 2.84. The van der Waals surface area contributed by atoms with Crippen molar-refractivity contribution < 1.29 is 38.8 Å². The highest BCUT2D eigenvalue weighted by molar-refractivity contribution is 5.68. The third-order valence-corrected chi connectivity index (χ3v) is 2.84. The summed E-state index contributed by atoms with van der Waals surface area (Å²) in [6.45, 7) is 3.43. The van der Waals surface area contributed by atoms with E-state index in [1.165, 1.54) is 0 Å². The maximum Gasteiger partial charge on any atom is 0.303 e. The molecule has 1 rings (SSSR count). The first-order valence-electron chi connectivity index (χ1n) is 6.10. The highest BCUT2D eigenvalue weighted by atomic mass is 16.6. The Morgan fingerprint density at radius 1 is 0.800 bits per heavy atom. The fraction of sp³-hybridized carbons (Fsp3) is 0.750. The van der Waals surface area contributed by atoms with Crippen molar-refractivity contribution in [3.8, 4) is 0 Å². The summed E-state index contributed by atoms with van der Waals surface area (Å²) in [5.41, 5.74) is 0. The lowest BCUT2D eigenvalue weighted by Crippen LogP contribution is -2.59. The molecule has 8 heteroatoms. The Kier molecular flexibility index (Phi) is 5.46. The van der Waals surface area contributed by atoms with Crippen LogP contribution in [0.3, 0.4) is 0 Å². The number of hydrogen-bond acceptors (Lipinski definition) is 8. The fourth-order valence-corrected chi connectivity index (χ4v) is 2.13. The molecule has 0 aromatic carbocycles. The largest absolute Gasteiger partial charge is 0.460 e. The van der Waals surface area contributed by atoms with Crippen molar-refractivity contribution in [2.45, 2.75) is 57.7 Å². The van der Waals surface area contributed by atoms with Crippen LogP contribution in [0.4, 0.5) is 0 Å². The highest BCUT2D eigenvalue weighted by Gasteiger charge is 2.48. The first-order valence-corrected chi connectivity index (χ1v) is 6.10. The number of carbonyl (C=O) groups is 3. The normalized spacial score (nSPS) is 33.1. The van der Waals surface area contributed by atoms with Crippen LogP contribution in [0.1, 0.15) is 27.2 Å². The lowest BCUT2D eigenvalue weighted by molar-refractivity contribution is -0.215. The number of carbonyl (C=O) groups excluding carboxylic acids is 3. The standard InChI is InChI=1S/C12H18O8/c1-5(13)18-8-4-9(19-6(2)14)12(20-7(3)15)11(17)10(8)16/h8-12,16-17H,4H2,1-3H3/t8-,9-,10+,11+,12+/m0/s1. The van der Waals surface area contributed by atoms with Crippen LogP contribution < -0.4 is 0 Å². The van der Waals surface area contributed by atoms with Crippen molar-refractivity contribution >= 4 is 17.9 Å². The predicted molar refractivity (Wildman–Crippen MR) is 63.3 cm³/mol. The number of hydrogen-bond donors (Lipinski definition) is 2. The van der Waals surface area contributed by atoms with Gasteiger partial charge in [0.2, 0.25) is 0 Å². The first-order chi connectivity index (χ1) is 9.22. The average Bonchev–Trinajstić information content (AvgIpc) is 2.29. The summed E-state index contributed by atoms with van der Waals surface area (Å²) in [4.78, 5) is 33.0. The van der Waals surface area contributed by atoms with E-state index in [4.69, 9.17) is 14.2 Å². The monoisotopic (exact) mass is 290 g/mol. The summed E-state index contributed by atoms with van der Waals surface area (Å²) < 4.78 is 14.7. The second kappa shape index (κ2) is 6.67. The Morgan fingerprint density at radius 2 is 1.25 bits per heavy atom. The van der Waals surface area contributed by atoms with Crippen molar-refractivity contribution in [3.05, 3.63) is 0 Å². The number of aliphatic hydroxyl groups is 2. The van der Waals surface area contributed by atoms with Crippen LogP contribution in [0.25, 0.3) is 0 Å². The molecular formula is C12H18O8. The van der Waals surface area contributed by atoms with Crippen molar-refractivity contribution in [1.82, 2.24) is 0 Å². The van der Waals surface area contributed by atoms with Gasteiger partial charge >= 0.3 is 17.9 Å². The van der Waals surface area contributed by atoms with Crippen molar-refractivity contribution in [3.63, 3.8) is 0 Å². The van der Waals surface area contributed by atoms with E-state index >= 15 is 0 Å². The molecule has 0 bridgehead atoms. The van der Waals surface area contributed by atoms with E-state index in [-0.39, 0.29) is 6.42 Å². The smallest absolute Gasteiger partial charge is 0.303 e. The Bertz CT molecular complexity index is 393. The van der Waals surface area contributed by atoms with Crippen LogP contribution in [0.2, 0.25) is 0 Å². The van der Waals surface area contributed by atoms with Crippen LogP contribution in [-0.2, 0) is 28.6 Å². The van der Waals surface area contributed by atoms with E-state index in [1.807, 2.05) is 0 Å². The van der Waals surface area contributed by atoms with Gasteiger partial charge in [-0.3, -0.25) is 14.4 Å². The molecule has 0 unspecified atom stereocenters. The lowest BCUT2D eigenvalue weighted by Gasteiger charge is -2.40. The van der Waals surface area contributed by atoms with E-state index in [2.05, 4.69) is 0 Å². The second-order valence-corrected chi connectivity index (χ2v) is 4.59. The molecule has 20 heavy (non-hydrogen) atoms. The summed E-state index contributed by atoms with van der Waals surface area (Å²) >= 11 is 0. The molecule has 114 valence electrons. The summed E-state index contributed by atoms with van der Waals surface area (Å²) in [7, 11) is 0.